The SMILES string of the molecule is CN1CCN(CCCNc2cc(Cc3ccccc3[N+](=O)[O-])ncn2)CC1.CN1CCN(CCCNc2cc(Cl)ncn2)CC1.Nc1ccccc1[N+](=O)[O-]. The molecule has 0 saturated carbocycles. The summed E-state index contributed by atoms with van der Waals surface area (Å²) in [7, 11) is 4.34. The third-order valence-corrected chi connectivity index (χ3v) is 9.36. The number of halogens is 1. The van der Waals surface area contributed by atoms with E-state index in [4.69, 9.17) is 17.3 Å². The van der Waals surface area contributed by atoms with Crippen molar-refractivity contribution >= 4 is 40.3 Å². The van der Waals surface area contributed by atoms with Gasteiger partial charge in [-0.3, -0.25) is 20.2 Å². The summed E-state index contributed by atoms with van der Waals surface area (Å²) in [5.41, 5.74) is 6.98. The first kappa shape index (κ1) is 42.7. The lowest BCUT2D eigenvalue weighted by atomic mass is 10.1. The van der Waals surface area contributed by atoms with Gasteiger partial charge < -0.3 is 36.0 Å². The predicted octanol–water partition coefficient (Wildman–Crippen LogP) is 4.38. The molecule has 2 fully saturated rings. The maximum atomic E-state index is 11.2. The van der Waals surface area contributed by atoms with Crippen molar-refractivity contribution in [2.75, 3.05) is 109 Å². The Labute approximate surface area is 327 Å². The molecule has 0 unspecified atom stereocenters. The minimum Gasteiger partial charge on any atom is -0.393 e. The molecule has 0 amide bonds. The lowest BCUT2D eigenvalue weighted by Gasteiger charge is -2.32. The van der Waals surface area contributed by atoms with Crippen molar-refractivity contribution in [1.29, 1.82) is 0 Å². The molecule has 6 rings (SSSR count). The first-order chi connectivity index (χ1) is 26.6. The summed E-state index contributed by atoms with van der Waals surface area (Å²) in [5.74, 6) is 1.56. The Morgan fingerprint density at radius 3 is 1.69 bits per heavy atom. The number of nitrogens with one attached hydrogen (secondary N) is 2. The van der Waals surface area contributed by atoms with Crippen LogP contribution in [0.25, 0.3) is 0 Å². The Bertz CT molecular complexity index is 1770. The zero-order valence-electron chi connectivity index (χ0n) is 31.6. The molecular weight excluding hydrogens is 726 g/mol. The highest BCUT2D eigenvalue weighted by atomic mass is 35.5. The predicted molar refractivity (Wildman–Crippen MR) is 217 cm³/mol. The van der Waals surface area contributed by atoms with Crippen molar-refractivity contribution in [3.63, 3.8) is 0 Å². The Kier molecular flexibility index (Phi) is 17.8. The van der Waals surface area contributed by atoms with Gasteiger partial charge in [0, 0.05) is 102 Å². The van der Waals surface area contributed by atoms with Crippen molar-refractivity contribution in [3.05, 3.63) is 110 Å². The van der Waals surface area contributed by atoms with E-state index in [1.165, 1.54) is 57.0 Å². The highest BCUT2D eigenvalue weighted by Crippen LogP contribution is 2.21. The molecule has 55 heavy (non-hydrogen) atoms. The minimum absolute atomic E-state index is 0.0394. The van der Waals surface area contributed by atoms with Crippen molar-refractivity contribution in [1.82, 2.24) is 39.5 Å². The fourth-order valence-corrected chi connectivity index (χ4v) is 6.04. The molecule has 4 aromatic rings. The number of hydrogen-bond donors (Lipinski definition) is 3. The van der Waals surface area contributed by atoms with Crippen LogP contribution in [0.2, 0.25) is 5.15 Å². The fourth-order valence-electron chi connectivity index (χ4n) is 5.89. The van der Waals surface area contributed by atoms with Gasteiger partial charge in [-0.05, 0) is 46.1 Å². The van der Waals surface area contributed by atoms with Gasteiger partial charge >= 0.3 is 0 Å². The number of nitro benzene ring substituents is 2. The smallest absolute Gasteiger partial charge is 0.292 e. The molecule has 4 heterocycles. The van der Waals surface area contributed by atoms with Crippen LogP contribution in [0.1, 0.15) is 24.1 Å². The summed E-state index contributed by atoms with van der Waals surface area (Å²) in [4.78, 5) is 46.6. The van der Waals surface area contributed by atoms with Crippen molar-refractivity contribution < 1.29 is 9.85 Å². The maximum absolute atomic E-state index is 11.2. The van der Waals surface area contributed by atoms with E-state index in [-0.39, 0.29) is 22.0 Å². The average Bonchev–Trinajstić information content (AvgIpc) is 3.17. The second-order valence-corrected chi connectivity index (χ2v) is 13.7. The molecule has 296 valence electrons. The molecule has 4 N–H and O–H groups in total. The molecule has 2 aromatic carbocycles. The zero-order valence-corrected chi connectivity index (χ0v) is 32.4. The highest BCUT2D eigenvalue weighted by Gasteiger charge is 2.15. The summed E-state index contributed by atoms with van der Waals surface area (Å²) in [6, 6.07) is 16.5. The summed E-state index contributed by atoms with van der Waals surface area (Å²) >= 11 is 5.79. The Morgan fingerprint density at radius 1 is 0.691 bits per heavy atom. The molecule has 2 aromatic heterocycles. The normalized spacial score (nSPS) is 15.2. The maximum Gasteiger partial charge on any atom is 0.292 e. The van der Waals surface area contributed by atoms with Crippen LogP contribution in [-0.2, 0) is 6.42 Å². The topological polar surface area (TPSA) is 201 Å². The number of likely N-dealkylation sites (N-methyl/N-ethyl adjacent to an activating group) is 2. The summed E-state index contributed by atoms with van der Waals surface area (Å²) in [6.07, 6.45) is 5.56. The Balaban J connectivity index is 0.000000205. The quantitative estimate of drug-likeness (QED) is 0.0535. The molecule has 0 aliphatic carbocycles. The first-order valence-corrected chi connectivity index (χ1v) is 18.7. The van der Waals surface area contributed by atoms with Crippen LogP contribution in [0.5, 0.6) is 0 Å². The minimum atomic E-state index is -0.505. The van der Waals surface area contributed by atoms with Crippen molar-refractivity contribution in [2.24, 2.45) is 0 Å². The number of hydrogen-bond acceptors (Lipinski definition) is 15. The van der Waals surface area contributed by atoms with E-state index < -0.39 is 4.92 Å². The molecular formula is C37H52ClN13O4. The molecule has 2 aliphatic heterocycles. The number of nitro groups is 2. The van der Waals surface area contributed by atoms with Crippen LogP contribution in [0.3, 0.4) is 0 Å². The first-order valence-electron chi connectivity index (χ1n) is 18.4. The van der Waals surface area contributed by atoms with Crippen LogP contribution < -0.4 is 16.4 Å². The van der Waals surface area contributed by atoms with Crippen LogP contribution in [-0.4, -0.2) is 142 Å². The molecule has 0 bridgehead atoms. The van der Waals surface area contributed by atoms with Crippen LogP contribution in [0.15, 0.2) is 73.3 Å². The van der Waals surface area contributed by atoms with Gasteiger partial charge in [0.15, 0.2) is 0 Å². The number of nitrogens with zero attached hydrogens (tertiary/aromatic N) is 10. The molecule has 2 aliphatic rings. The number of rotatable bonds is 14. The summed E-state index contributed by atoms with van der Waals surface area (Å²) in [5, 5.41) is 28.4. The van der Waals surface area contributed by atoms with Gasteiger partial charge in [0.25, 0.3) is 11.4 Å². The van der Waals surface area contributed by atoms with Gasteiger partial charge in [-0.15, -0.1) is 0 Å². The second-order valence-electron chi connectivity index (χ2n) is 13.3. The van der Waals surface area contributed by atoms with Gasteiger partial charge in [0.05, 0.1) is 15.5 Å². The van der Waals surface area contributed by atoms with Gasteiger partial charge in [-0.25, -0.2) is 19.9 Å². The largest absolute Gasteiger partial charge is 0.393 e. The van der Waals surface area contributed by atoms with Gasteiger partial charge in [0.1, 0.15) is 35.1 Å². The Morgan fingerprint density at radius 2 is 1.18 bits per heavy atom. The molecule has 17 nitrogen and oxygen atoms in total. The van der Waals surface area contributed by atoms with E-state index in [0.29, 0.717) is 17.1 Å². The molecule has 0 spiro atoms. The molecule has 0 radical (unpaired) electrons. The lowest BCUT2D eigenvalue weighted by Crippen LogP contribution is -2.44. The van der Waals surface area contributed by atoms with Gasteiger partial charge in [-0.1, -0.05) is 41.9 Å². The van der Waals surface area contributed by atoms with Crippen molar-refractivity contribution in [2.45, 2.75) is 19.3 Å². The monoisotopic (exact) mass is 777 g/mol. The average molecular weight is 778 g/mol. The van der Waals surface area contributed by atoms with E-state index in [1.807, 2.05) is 6.07 Å². The number of anilines is 3. The fraction of sp³-hybridized carbons (Fsp3) is 0.459. The molecule has 0 atom stereocenters. The molecule has 2 saturated heterocycles. The van der Waals surface area contributed by atoms with E-state index in [2.05, 4.69) is 64.3 Å². The highest BCUT2D eigenvalue weighted by molar-refractivity contribution is 6.29. The third kappa shape index (κ3) is 15.7. The number of benzene rings is 2. The van der Waals surface area contributed by atoms with Gasteiger partial charge in [0.2, 0.25) is 0 Å². The van der Waals surface area contributed by atoms with Gasteiger partial charge in [-0.2, -0.15) is 0 Å². The standard InChI is InChI=1S/C19H26N6O2.C12H20ClN5.C6H6N2O2/c1-23-9-11-24(12-10-23)8-4-7-20-19-14-17(21-15-22-19)13-16-5-2-3-6-18(16)25(26)27;1-17-5-7-18(8-6-17)4-2-3-14-12-9-11(13)15-10-16-12;7-5-3-1-2-4-6(5)8(9)10/h2-3,5-6,14-15H,4,7-13H2,1H3,(H,20,21,22);9-10H,2-8H2,1H3,(H,14,15,16);1-4H,7H2. The van der Waals surface area contributed by atoms with Crippen molar-refractivity contribution in [3.8, 4) is 0 Å². The van der Waals surface area contributed by atoms with E-state index in [0.717, 1.165) is 82.5 Å². The number of piperazine rings is 2. The van der Waals surface area contributed by atoms with E-state index in [1.54, 1.807) is 36.4 Å². The third-order valence-electron chi connectivity index (χ3n) is 9.16. The summed E-state index contributed by atoms with van der Waals surface area (Å²) in [6.45, 7) is 13.2. The van der Waals surface area contributed by atoms with E-state index in [9.17, 15) is 20.2 Å². The van der Waals surface area contributed by atoms with Crippen LogP contribution in [0.4, 0.5) is 28.7 Å². The van der Waals surface area contributed by atoms with Crippen LogP contribution in [0, 0.1) is 20.2 Å². The lowest BCUT2D eigenvalue weighted by molar-refractivity contribution is -0.385. The number of nitrogens with two attached hydrogens (primary N) is 1. The second kappa shape index (κ2) is 23.0. The molecule has 18 heteroatoms. The Hall–Kier alpha value is -5.07. The number of aromatic nitrogens is 4. The number of nitrogen functional groups attached to an aromatic ring is 1. The summed E-state index contributed by atoms with van der Waals surface area (Å²) < 4.78 is 0. The number of para-hydroxylation sites is 3. The van der Waals surface area contributed by atoms with E-state index >= 15 is 0 Å². The zero-order chi connectivity index (χ0) is 39.4. The van der Waals surface area contributed by atoms with Crippen LogP contribution >= 0.6 is 11.6 Å².